The third-order valence-corrected chi connectivity index (χ3v) is 6.57. The Bertz CT molecular complexity index is 597. The zero-order chi connectivity index (χ0) is 28.4. The molecule has 38 heavy (non-hydrogen) atoms. The third kappa shape index (κ3) is 22.3. The minimum Gasteiger partial charge on any atom is -0.466 e. The van der Waals surface area contributed by atoms with E-state index in [0.29, 0.717) is 25.9 Å². The standard InChI is InChI=1S/C30H57NO7/c1-5-7-9-11-12-15-20-26(19-14-10-8-6-2)29(34)37-23-17-13-16-22-36-28(33)25-27(32)30(35)38-24-18-21-31(3)4/h26-27,32H,5-25H2,1-4H3/t26?,27-/m0/s1. The van der Waals surface area contributed by atoms with Crippen LogP contribution in [-0.2, 0) is 28.6 Å². The van der Waals surface area contributed by atoms with Crippen LogP contribution < -0.4 is 0 Å². The van der Waals surface area contributed by atoms with Crippen LogP contribution in [0.3, 0.4) is 0 Å². The van der Waals surface area contributed by atoms with E-state index >= 15 is 0 Å². The second-order valence-electron chi connectivity index (χ2n) is 10.6. The molecule has 0 aromatic heterocycles. The van der Waals surface area contributed by atoms with Crippen molar-refractivity contribution >= 4 is 17.9 Å². The van der Waals surface area contributed by atoms with Crippen LogP contribution in [0, 0.1) is 5.92 Å². The van der Waals surface area contributed by atoms with E-state index in [0.717, 1.165) is 38.6 Å². The van der Waals surface area contributed by atoms with Gasteiger partial charge in [-0.15, -0.1) is 0 Å². The van der Waals surface area contributed by atoms with Crippen molar-refractivity contribution in [1.82, 2.24) is 4.90 Å². The number of rotatable bonds is 26. The number of hydrogen-bond acceptors (Lipinski definition) is 8. The van der Waals surface area contributed by atoms with Gasteiger partial charge in [0, 0.05) is 6.54 Å². The maximum atomic E-state index is 12.7. The smallest absolute Gasteiger partial charge is 0.335 e. The van der Waals surface area contributed by atoms with Gasteiger partial charge < -0.3 is 24.2 Å². The van der Waals surface area contributed by atoms with E-state index in [2.05, 4.69) is 13.8 Å². The number of ether oxygens (including phenoxy) is 3. The third-order valence-electron chi connectivity index (χ3n) is 6.57. The Morgan fingerprint density at radius 2 is 1.11 bits per heavy atom. The van der Waals surface area contributed by atoms with Crippen LogP contribution >= 0.6 is 0 Å². The SMILES string of the molecule is CCCCCCCCC(CCCCCC)C(=O)OCCCCCOC(=O)C[C@H](O)C(=O)OCCCN(C)C. The monoisotopic (exact) mass is 543 g/mol. The molecule has 0 saturated heterocycles. The second-order valence-corrected chi connectivity index (χ2v) is 10.6. The van der Waals surface area contributed by atoms with Crippen LogP contribution in [0.4, 0.5) is 0 Å². The van der Waals surface area contributed by atoms with E-state index in [1.54, 1.807) is 0 Å². The molecule has 1 unspecified atom stereocenters. The normalized spacial score (nSPS) is 12.8. The van der Waals surface area contributed by atoms with Gasteiger partial charge in [-0.05, 0) is 52.6 Å². The van der Waals surface area contributed by atoms with E-state index in [1.807, 2.05) is 19.0 Å². The van der Waals surface area contributed by atoms with Gasteiger partial charge in [0.05, 0.1) is 32.2 Å². The van der Waals surface area contributed by atoms with Gasteiger partial charge in [-0.2, -0.15) is 0 Å². The van der Waals surface area contributed by atoms with Gasteiger partial charge in [0.15, 0.2) is 6.10 Å². The Hall–Kier alpha value is -1.67. The molecular weight excluding hydrogens is 486 g/mol. The molecule has 0 spiro atoms. The molecule has 1 N–H and O–H groups in total. The van der Waals surface area contributed by atoms with Crippen molar-refractivity contribution in [2.45, 2.75) is 129 Å². The average Bonchev–Trinajstić information content (AvgIpc) is 2.88. The van der Waals surface area contributed by atoms with E-state index in [9.17, 15) is 19.5 Å². The van der Waals surface area contributed by atoms with Crippen LogP contribution in [0.5, 0.6) is 0 Å². The molecule has 8 nitrogen and oxygen atoms in total. The number of aliphatic hydroxyl groups is 1. The summed E-state index contributed by atoms with van der Waals surface area (Å²) in [5.41, 5.74) is 0. The highest BCUT2D eigenvalue weighted by molar-refractivity contribution is 5.81. The van der Waals surface area contributed by atoms with Crippen LogP contribution in [0.25, 0.3) is 0 Å². The molecule has 0 rings (SSSR count). The number of carbonyl (C=O) groups excluding carboxylic acids is 3. The molecule has 224 valence electrons. The van der Waals surface area contributed by atoms with E-state index in [4.69, 9.17) is 14.2 Å². The Balaban J connectivity index is 4.02. The van der Waals surface area contributed by atoms with Crippen molar-refractivity contribution < 1.29 is 33.7 Å². The van der Waals surface area contributed by atoms with E-state index < -0.39 is 24.5 Å². The summed E-state index contributed by atoms with van der Waals surface area (Å²) in [6, 6.07) is 0. The first-order valence-corrected chi connectivity index (χ1v) is 15.1. The second kappa shape index (κ2) is 25.6. The summed E-state index contributed by atoms with van der Waals surface area (Å²) < 4.78 is 15.7. The fraction of sp³-hybridized carbons (Fsp3) is 0.900. The summed E-state index contributed by atoms with van der Waals surface area (Å²) >= 11 is 0. The molecule has 0 amide bonds. The summed E-state index contributed by atoms with van der Waals surface area (Å²) in [5, 5.41) is 9.81. The van der Waals surface area contributed by atoms with Crippen molar-refractivity contribution in [3.63, 3.8) is 0 Å². The fourth-order valence-corrected chi connectivity index (χ4v) is 4.18. The number of nitrogens with zero attached hydrogens (tertiary/aromatic N) is 1. The molecule has 8 heteroatoms. The maximum Gasteiger partial charge on any atom is 0.335 e. The summed E-state index contributed by atoms with van der Waals surface area (Å²) in [7, 11) is 3.84. The van der Waals surface area contributed by atoms with Crippen LogP contribution in [0.15, 0.2) is 0 Å². The lowest BCUT2D eigenvalue weighted by Crippen LogP contribution is -2.28. The Kier molecular flexibility index (Phi) is 24.5. The summed E-state index contributed by atoms with van der Waals surface area (Å²) in [6.07, 6.45) is 14.7. The van der Waals surface area contributed by atoms with Gasteiger partial charge in [-0.25, -0.2) is 4.79 Å². The van der Waals surface area contributed by atoms with Gasteiger partial charge in [-0.1, -0.05) is 78.1 Å². The summed E-state index contributed by atoms with van der Waals surface area (Å²) in [6.45, 7) is 5.96. The van der Waals surface area contributed by atoms with E-state index in [-0.39, 0.29) is 25.1 Å². The summed E-state index contributed by atoms with van der Waals surface area (Å²) in [4.78, 5) is 38.2. The number of unbranched alkanes of at least 4 members (excludes halogenated alkanes) is 10. The first-order chi connectivity index (χ1) is 18.3. The number of carbonyl (C=O) groups is 3. The first-order valence-electron chi connectivity index (χ1n) is 15.1. The Labute approximate surface area is 232 Å². The lowest BCUT2D eigenvalue weighted by atomic mass is 9.94. The number of esters is 3. The van der Waals surface area contributed by atoms with Crippen LogP contribution in [0.2, 0.25) is 0 Å². The average molecular weight is 544 g/mol. The highest BCUT2D eigenvalue weighted by Crippen LogP contribution is 2.20. The van der Waals surface area contributed by atoms with Crippen molar-refractivity contribution in [1.29, 1.82) is 0 Å². The lowest BCUT2D eigenvalue weighted by Gasteiger charge is -2.16. The topological polar surface area (TPSA) is 102 Å². The van der Waals surface area contributed by atoms with Gasteiger partial charge in [-0.3, -0.25) is 9.59 Å². The molecule has 0 radical (unpaired) electrons. The molecule has 0 saturated carbocycles. The number of aliphatic hydroxyl groups excluding tert-OH is 1. The maximum absolute atomic E-state index is 12.7. The van der Waals surface area contributed by atoms with Crippen molar-refractivity contribution in [2.75, 3.05) is 40.5 Å². The summed E-state index contributed by atoms with van der Waals surface area (Å²) in [5.74, 6) is -1.49. The zero-order valence-electron chi connectivity index (χ0n) is 24.8. The Morgan fingerprint density at radius 1 is 0.632 bits per heavy atom. The van der Waals surface area contributed by atoms with Crippen molar-refractivity contribution in [3.8, 4) is 0 Å². The van der Waals surface area contributed by atoms with Gasteiger partial charge in [0.1, 0.15) is 0 Å². The van der Waals surface area contributed by atoms with Crippen molar-refractivity contribution in [3.05, 3.63) is 0 Å². The van der Waals surface area contributed by atoms with Crippen LogP contribution in [0.1, 0.15) is 123 Å². The quantitative estimate of drug-likeness (QED) is 0.0826. The highest BCUT2D eigenvalue weighted by Gasteiger charge is 2.21. The largest absolute Gasteiger partial charge is 0.466 e. The molecule has 2 atom stereocenters. The molecule has 0 aliphatic carbocycles. The molecule has 0 aliphatic rings. The molecule has 0 aromatic rings. The Morgan fingerprint density at radius 3 is 1.71 bits per heavy atom. The van der Waals surface area contributed by atoms with Crippen LogP contribution in [-0.4, -0.2) is 74.5 Å². The predicted octanol–water partition coefficient (Wildman–Crippen LogP) is 5.83. The minimum absolute atomic E-state index is 0.00471. The minimum atomic E-state index is -1.51. The van der Waals surface area contributed by atoms with Crippen molar-refractivity contribution in [2.24, 2.45) is 5.92 Å². The molecule has 0 aromatic carbocycles. The molecule has 0 bridgehead atoms. The molecule has 0 heterocycles. The van der Waals surface area contributed by atoms with E-state index in [1.165, 1.54) is 51.4 Å². The fourth-order valence-electron chi connectivity index (χ4n) is 4.18. The lowest BCUT2D eigenvalue weighted by molar-refractivity contribution is -0.160. The predicted molar refractivity (Wildman–Crippen MR) is 151 cm³/mol. The number of hydrogen-bond donors (Lipinski definition) is 1. The highest BCUT2D eigenvalue weighted by atomic mass is 16.6. The van der Waals surface area contributed by atoms with Gasteiger partial charge in [0.25, 0.3) is 0 Å². The first kappa shape index (κ1) is 36.3. The molecular formula is C30H57NO7. The van der Waals surface area contributed by atoms with Gasteiger partial charge in [0.2, 0.25) is 0 Å². The zero-order valence-corrected chi connectivity index (χ0v) is 24.8. The van der Waals surface area contributed by atoms with Gasteiger partial charge >= 0.3 is 17.9 Å². The molecule has 0 fully saturated rings. The molecule has 0 aliphatic heterocycles.